The minimum absolute atomic E-state index is 1.25. The van der Waals surface area contributed by atoms with Gasteiger partial charge in [0.1, 0.15) is 0 Å². The molecule has 92 valence electrons. The summed E-state index contributed by atoms with van der Waals surface area (Å²) >= 11 is 0. The van der Waals surface area contributed by atoms with Crippen molar-refractivity contribution in [3.8, 4) is 0 Å². The van der Waals surface area contributed by atoms with Crippen molar-refractivity contribution in [3.63, 3.8) is 0 Å². The predicted octanol–water partition coefficient (Wildman–Crippen LogP) is 6.45. The van der Waals surface area contributed by atoms with E-state index in [1.165, 1.54) is 38.5 Å². The van der Waals surface area contributed by atoms with E-state index in [1.807, 2.05) is 0 Å². The van der Waals surface area contributed by atoms with E-state index in [4.69, 9.17) is 0 Å². The Hall–Kier alpha value is 0. The molecule has 0 N–H and O–H groups in total. The second-order valence-corrected chi connectivity index (χ2v) is 3.41. The first-order valence-corrected chi connectivity index (χ1v) is 6.66. The average Bonchev–Trinajstić information content (AvgIpc) is 2.20. The highest BCUT2D eigenvalue weighted by Crippen LogP contribution is 1.77. The third-order valence-corrected chi connectivity index (χ3v) is 1.000. The average molecular weight is 204 g/mol. The molecule has 0 saturated carbocycles. The molecule has 0 heteroatoms. The van der Waals surface area contributed by atoms with E-state index in [2.05, 4.69) is 55.4 Å². The Morgan fingerprint density at radius 1 is 0.357 bits per heavy atom. The van der Waals surface area contributed by atoms with Gasteiger partial charge in [0.15, 0.2) is 0 Å². The first kappa shape index (κ1) is 23.7. The molecular weight excluding hydrogens is 168 g/mol. The van der Waals surface area contributed by atoms with E-state index in [1.54, 1.807) is 0 Å². The summed E-state index contributed by atoms with van der Waals surface area (Å²) in [6.45, 7) is 17.2. The molecule has 0 amide bonds. The molecule has 0 aliphatic rings. The maximum absolute atomic E-state index is 2.18. The van der Waals surface area contributed by atoms with Crippen molar-refractivity contribution in [1.29, 1.82) is 0 Å². The van der Waals surface area contributed by atoms with Crippen LogP contribution in [0.5, 0.6) is 0 Å². The summed E-state index contributed by atoms with van der Waals surface area (Å²) in [5, 5.41) is 0. The van der Waals surface area contributed by atoms with Crippen molar-refractivity contribution in [1.82, 2.24) is 0 Å². The molecule has 0 atom stereocenters. The van der Waals surface area contributed by atoms with Crippen molar-refractivity contribution in [3.05, 3.63) is 0 Å². The Kier molecular flexibility index (Phi) is 87.9. The summed E-state index contributed by atoms with van der Waals surface area (Å²) in [5.74, 6) is 0. The zero-order valence-electron chi connectivity index (χ0n) is 12.2. The molecule has 0 nitrogen and oxygen atoms in total. The summed E-state index contributed by atoms with van der Waals surface area (Å²) in [6, 6.07) is 0. The van der Waals surface area contributed by atoms with E-state index in [-0.39, 0.29) is 0 Å². The molecule has 0 heterocycles. The summed E-state index contributed by atoms with van der Waals surface area (Å²) in [6.07, 6.45) is 7.78. The quantitative estimate of drug-likeness (QED) is 0.485. The Morgan fingerprint density at radius 3 is 0.429 bits per heavy atom. The van der Waals surface area contributed by atoms with E-state index < -0.39 is 0 Å². The van der Waals surface area contributed by atoms with Gasteiger partial charge in [0.25, 0.3) is 0 Å². The zero-order chi connectivity index (χ0) is 12.2. The van der Waals surface area contributed by atoms with Crippen LogP contribution < -0.4 is 0 Å². The minimum atomic E-state index is 1.25. The molecule has 14 heavy (non-hydrogen) atoms. The third kappa shape index (κ3) is 363. The number of hydrogen-bond donors (Lipinski definition) is 0. The normalized spacial score (nSPS) is 6.86. The third-order valence-electron chi connectivity index (χ3n) is 1.000. The molecule has 0 radical (unpaired) electrons. The number of unbranched alkanes of at least 4 members (excludes halogenated alkanes) is 2. The second kappa shape index (κ2) is 52.0. The highest BCUT2D eigenvalue weighted by molar-refractivity contribution is 4.13. The van der Waals surface area contributed by atoms with Gasteiger partial charge in [-0.3, -0.25) is 0 Å². The van der Waals surface area contributed by atoms with Crippen LogP contribution in [-0.2, 0) is 0 Å². The van der Waals surface area contributed by atoms with Gasteiger partial charge in [-0.05, 0) is 0 Å². The molecule has 0 aliphatic heterocycles. The smallest absolute Gasteiger partial charge is 0.0564 e. The molecule has 0 rings (SSSR count). The Bertz CT molecular complexity index is 21.0. The molecule has 0 bridgehead atoms. The minimum Gasteiger partial charge on any atom is -0.0656 e. The zero-order valence-corrected chi connectivity index (χ0v) is 12.2. The first-order valence-electron chi connectivity index (χ1n) is 6.66. The lowest BCUT2D eigenvalue weighted by molar-refractivity contribution is 0.886. The van der Waals surface area contributed by atoms with Crippen molar-refractivity contribution in [2.45, 2.75) is 93.9 Å². The van der Waals surface area contributed by atoms with Gasteiger partial charge in [-0.2, -0.15) is 0 Å². The van der Waals surface area contributed by atoms with E-state index in [9.17, 15) is 0 Å². The van der Waals surface area contributed by atoms with Crippen molar-refractivity contribution >= 4 is 0 Å². The maximum Gasteiger partial charge on any atom is -0.0564 e. The molecule has 0 aliphatic carbocycles. The fourth-order valence-electron chi connectivity index (χ4n) is 0. The van der Waals surface area contributed by atoms with Gasteiger partial charge >= 0.3 is 0 Å². The van der Waals surface area contributed by atoms with Gasteiger partial charge in [-0.15, -0.1) is 0 Å². The van der Waals surface area contributed by atoms with Gasteiger partial charge in [0, 0.05) is 0 Å². The predicted molar refractivity (Wildman–Crippen MR) is 73.1 cm³/mol. The Balaban J connectivity index is -0.0000000482. The van der Waals surface area contributed by atoms with Crippen LogP contribution in [0, 0.1) is 0 Å². The van der Waals surface area contributed by atoms with Gasteiger partial charge in [-0.1, -0.05) is 93.9 Å². The van der Waals surface area contributed by atoms with Crippen molar-refractivity contribution in [2.75, 3.05) is 0 Å². The fraction of sp³-hybridized carbons (Fsp3) is 1.00. The van der Waals surface area contributed by atoms with E-state index in [0.717, 1.165) is 0 Å². The van der Waals surface area contributed by atoms with Gasteiger partial charge < -0.3 is 0 Å². The van der Waals surface area contributed by atoms with Crippen molar-refractivity contribution < 1.29 is 0 Å². The fourth-order valence-corrected chi connectivity index (χ4v) is 0. The Labute approximate surface area is 94.5 Å². The molecule has 0 aromatic carbocycles. The van der Waals surface area contributed by atoms with Crippen LogP contribution in [-0.4, -0.2) is 0 Å². The van der Waals surface area contributed by atoms with Crippen LogP contribution in [0.1, 0.15) is 93.9 Å². The number of rotatable bonds is 2. The van der Waals surface area contributed by atoms with Crippen LogP contribution >= 0.6 is 0 Å². The summed E-state index contributed by atoms with van der Waals surface area (Å²) in [7, 11) is 0. The van der Waals surface area contributed by atoms with Gasteiger partial charge in [-0.25, -0.2) is 0 Å². The summed E-state index contributed by atoms with van der Waals surface area (Å²) < 4.78 is 0. The van der Waals surface area contributed by atoms with Crippen LogP contribution in [0.3, 0.4) is 0 Å². The molecule has 0 aromatic heterocycles. The second-order valence-electron chi connectivity index (χ2n) is 3.41. The highest BCUT2D eigenvalue weighted by Gasteiger charge is 1.56. The maximum atomic E-state index is 2.18. The topological polar surface area (TPSA) is 0 Å². The molecule has 0 saturated heterocycles. The molecule has 0 aromatic rings. The lowest BCUT2D eigenvalue weighted by Crippen LogP contribution is -1.47. The lowest BCUT2D eigenvalue weighted by Gasteiger charge is -1.68. The molecule has 0 spiro atoms. The van der Waals surface area contributed by atoms with Crippen LogP contribution in [0.15, 0.2) is 0 Å². The summed E-state index contributed by atoms with van der Waals surface area (Å²) in [5.41, 5.74) is 0. The molecule has 0 unspecified atom stereocenters. The molecule has 0 fully saturated rings. The highest BCUT2D eigenvalue weighted by atomic mass is 13.6. The Morgan fingerprint density at radius 2 is 0.429 bits per heavy atom. The number of hydrogen-bond acceptors (Lipinski definition) is 0. The monoisotopic (exact) mass is 204 g/mol. The van der Waals surface area contributed by atoms with Crippen LogP contribution in [0.2, 0.25) is 0 Å². The van der Waals surface area contributed by atoms with Crippen molar-refractivity contribution in [2.24, 2.45) is 0 Å². The largest absolute Gasteiger partial charge is 0.0656 e. The van der Waals surface area contributed by atoms with E-state index in [0.29, 0.717) is 0 Å². The van der Waals surface area contributed by atoms with E-state index >= 15 is 0 Å². The first-order chi connectivity index (χ1) is 6.66. The van der Waals surface area contributed by atoms with Crippen LogP contribution in [0.4, 0.5) is 0 Å². The summed E-state index contributed by atoms with van der Waals surface area (Å²) in [4.78, 5) is 0. The molecular formula is C14H36. The van der Waals surface area contributed by atoms with Gasteiger partial charge in [0.05, 0.1) is 0 Å². The van der Waals surface area contributed by atoms with Crippen LogP contribution in [0.25, 0.3) is 0 Å². The van der Waals surface area contributed by atoms with Gasteiger partial charge in [0.2, 0.25) is 0 Å². The standard InChI is InChI=1S/2C4H10.2C3H8/c2*1-3-4-2;2*1-3-2/h2*3-4H2,1-2H3;2*3H2,1-2H3. The SMILES string of the molecule is CCC.CCC.CCCC.CCCC. The lowest BCUT2D eigenvalue weighted by atomic mass is 10.4.